The molecule has 0 bridgehead atoms. The minimum absolute atomic E-state index is 0.0711. The van der Waals surface area contributed by atoms with Crippen LogP contribution in [0, 0.1) is 0 Å². The van der Waals surface area contributed by atoms with Crippen molar-refractivity contribution in [1.29, 1.82) is 0 Å². The Morgan fingerprint density at radius 1 is 1.47 bits per heavy atom. The number of amides is 1. The van der Waals surface area contributed by atoms with Crippen molar-refractivity contribution in [2.45, 2.75) is 0 Å². The average molecular weight is 253 g/mol. The first-order chi connectivity index (χ1) is 8.19. The number of carbonyl (C=O) groups excluding carboxylic acids is 1. The number of halogens is 1. The molecule has 0 spiro atoms. The number of benzene rings is 1. The van der Waals surface area contributed by atoms with Crippen molar-refractivity contribution in [3.63, 3.8) is 0 Å². The first-order valence-electron chi connectivity index (χ1n) is 4.76. The smallest absolute Gasteiger partial charge is 0.294 e. The molecule has 0 saturated carbocycles. The topological polar surface area (TPSA) is 64.4 Å². The van der Waals surface area contributed by atoms with E-state index in [4.69, 9.17) is 20.9 Å². The summed E-state index contributed by atoms with van der Waals surface area (Å²) in [4.78, 5) is 11.7. The van der Waals surface area contributed by atoms with Crippen molar-refractivity contribution in [3.8, 4) is 5.88 Å². The molecule has 5 nitrogen and oxygen atoms in total. The fourth-order valence-electron chi connectivity index (χ4n) is 1.22. The second kappa shape index (κ2) is 4.88. The Bertz CT molecular complexity index is 539. The molecule has 0 aliphatic rings. The van der Waals surface area contributed by atoms with Gasteiger partial charge in [0, 0.05) is 10.7 Å². The van der Waals surface area contributed by atoms with Gasteiger partial charge in [-0.15, -0.1) is 0 Å². The maximum atomic E-state index is 11.7. The lowest BCUT2D eigenvalue weighted by Crippen LogP contribution is -2.10. The highest BCUT2D eigenvalue weighted by atomic mass is 35.5. The van der Waals surface area contributed by atoms with Crippen molar-refractivity contribution >= 4 is 23.2 Å². The summed E-state index contributed by atoms with van der Waals surface area (Å²) in [5.74, 6) is -0.0915. The van der Waals surface area contributed by atoms with Crippen LogP contribution < -0.4 is 10.1 Å². The summed E-state index contributed by atoms with van der Waals surface area (Å²) in [6.07, 6.45) is 0. The van der Waals surface area contributed by atoms with E-state index in [1.165, 1.54) is 13.2 Å². The molecule has 1 aromatic heterocycles. The molecule has 1 amide bonds. The zero-order valence-corrected chi connectivity index (χ0v) is 9.69. The largest absolute Gasteiger partial charge is 0.479 e. The lowest BCUT2D eigenvalue weighted by atomic mass is 10.3. The van der Waals surface area contributed by atoms with Crippen LogP contribution in [0.5, 0.6) is 5.88 Å². The molecule has 2 aromatic rings. The predicted molar refractivity (Wildman–Crippen MR) is 62.5 cm³/mol. The van der Waals surface area contributed by atoms with E-state index >= 15 is 0 Å². The Morgan fingerprint density at radius 3 is 2.94 bits per heavy atom. The van der Waals surface area contributed by atoms with E-state index in [1.54, 1.807) is 24.3 Å². The van der Waals surface area contributed by atoms with Crippen LogP contribution in [0.3, 0.4) is 0 Å². The molecular weight excluding hydrogens is 244 g/mol. The average Bonchev–Trinajstić information content (AvgIpc) is 2.77. The second-order valence-electron chi connectivity index (χ2n) is 3.20. The summed E-state index contributed by atoms with van der Waals surface area (Å²) < 4.78 is 9.61. The molecule has 1 N–H and O–H groups in total. The van der Waals surface area contributed by atoms with E-state index in [-0.39, 0.29) is 11.6 Å². The van der Waals surface area contributed by atoms with Crippen molar-refractivity contribution in [2.75, 3.05) is 12.4 Å². The number of ether oxygens (including phenoxy) is 1. The van der Waals surface area contributed by atoms with E-state index in [9.17, 15) is 4.79 Å². The van der Waals surface area contributed by atoms with Crippen molar-refractivity contribution in [3.05, 3.63) is 41.1 Å². The molecule has 0 saturated heterocycles. The summed E-state index contributed by atoms with van der Waals surface area (Å²) in [7, 11) is 1.44. The third kappa shape index (κ3) is 2.76. The van der Waals surface area contributed by atoms with Crippen molar-refractivity contribution in [2.24, 2.45) is 0 Å². The standard InChI is InChI=1S/C11H9ClN2O3/c1-16-10-6-9(17-14-10)11(15)13-8-4-2-3-7(12)5-8/h2-6H,1H3,(H,13,15). The fraction of sp³-hybridized carbons (Fsp3) is 0.0909. The molecule has 6 heteroatoms. The maximum Gasteiger partial charge on any atom is 0.294 e. The van der Waals surface area contributed by atoms with Gasteiger partial charge in [0.15, 0.2) is 0 Å². The Kier molecular flexibility index (Phi) is 3.30. The molecule has 17 heavy (non-hydrogen) atoms. The molecular formula is C11H9ClN2O3. The number of hydrogen-bond acceptors (Lipinski definition) is 4. The highest BCUT2D eigenvalue weighted by Crippen LogP contribution is 2.17. The van der Waals surface area contributed by atoms with Gasteiger partial charge in [-0.2, -0.15) is 0 Å². The number of rotatable bonds is 3. The van der Waals surface area contributed by atoms with Crippen LogP contribution in [0.1, 0.15) is 10.6 Å². The van der Waals surface area contributed by atoms with Gasteiger partial charge in [0.05, 0.1) is 13.2 Å². The number of methoxy groups -OCH3 is 1. The molecule has 2 rings (SSSR count). The van der Waals surface area contributed by atoms with Crippen LogP contribution in [0.4, 0.5) is 5.69 Å². The molecule has 0 atom stereocenters. The SMILES string of the molecule is COc1cc(C(=O)Nc2cccc(Cl)c2)on1. The predicted octanol–water partition coefficient (Wildman–Crippen LogP) is 2.59. The molecule has 88 valence electrons. The van der Waals surface area contributed by atoms with Gasteiger partial charge in [0.2, 0.25) is 5.76 Å². The van der Waals surface area contributed by atoms with Crippen molar-refractivity contribution in [1.82, 2.24) is 5.16 Å². The summed E-state index contributed by atoms with van der Waals surface area (Å²) in [6.45, 7) is 0. The van der Waals surface area contributed by atoms with Gasteiger partial charge >= 0.3 is 0 Å². The van der Waals surface area contributed by atoms with Crippen LogP contribution in [0.15, 0.2) is 34.9 Å². The second-order valence-corrected chi connectivity index (χ2v) is 3.63. The van der Waals surface area contributed by atoms with Gasteiger partial charge < -0.3 is 14.6 Å². The minimum Gasteiger partial charge on any atom is -0.479 e. The number of carbonyl (C=O) groups is 1. The highest BCUT2D eigenvalue weighted by Gasteiger charge is 2.13. The summed E-state index contributed by atoms with van der Waals surface area (Å²) >= 11 is 5.79. The van der Waals surface area contributed by atoms with Crippen LogP contribution in [0.2, 0.25) is 5.02 Å². The van der Waals surface area contributed by atoms with Gasteiger partial charge in [-0.05, 0) is 23.4 Å². The van der Waals surface area contributed by atoms with Gasteiger partial charge in [-0.1, -0.05) is 17.7 Å². The molecule has 1 heterocycles. The summed E-state index contributed by atoms with van der Waals surface area (Å²) in [5.41, 5.74) is 0.581. The lowest BCUT2D eigenvalue weighted by molar-refractivity contribution is 0.0987. The van der Waals surface area contributed by atoms with Crippen molar-refractivity contribution < 1.29 is 14.1 Å². The number of nitrogens with zero attached hydrogens (tertiary/aromatic N) is 1. The normalized spacial score (nSPS) is 10.0. The maximum absolute atomic E-state index is 11.7. The van der Waals surface area contributed by atoms with E-state index in [2.05, 4.69) is 10.5 Å². The molecule has 0 radical (unpaired) electrons. The van der Waals surface area contributed by atoms with Crippen LogP contribution in [-0.2, 0) is 0 Å². The highest BCUT2D eigenvalue weighted by molar-refractivity contribution is 6.30. The Labute approximate surface area is 102 Å². The number of aromatic nitrogens is 1. The van der Waals surface area contributed by atoms with E-state index in [0.717, 1.165) is 0 Å². The zero-order valence-electron chi connectivity index (χ0n) is 8.94. The van der Waals surface area contributed by atoms with Crippen LogP contribution in [-0.4, -0.2) is 18.2 Å². The van der Waals surface area contributed by atoms with E-state index in [0.29, 0.717) is 10.7 Å². The van der Waals surface area contributed by atoms with Crippen LogP contribution in [0.25, 0.3) is 0 Å². The summed E-state index contributed by atoms with van der Waals surface area (Å²) in [6, 6.07) is 8.21. The fourth-order valence-corrected chi connectivity index (χ4v) is 1.41. The van der Waals surface area contributed by atoms with E-state index in [1.807, 2.05) is 0 Å². The van der Waals surface area contributed by atoms with Gasteiger partial charge in [-0.25, -0.2) is 0 Å². The first-order valence-corrected chi connectivity index (χ1v) is 5.14. The van der Waals surface area contributed by atoms with Gasteiger partial charge in [-0.3, -0.25) is 4.79 Å². The number of nitrogens with one attached hydrogen (secondary N) is 1. The molecule has 0 aliphatic carbocycles. The van der Waals surface area contributed by atoms with Gasteiger partial charge in [0.25, 0.3) is 11.8 Å². The zero-order chi connectivity index (χ0) is 12.3. The Morgan fingerprint density at radius 2 is 2.29 bits per heavy atom. The number of hydrogen-bond donors (Lipinski definition) is 1. The molecule has 0 fully saturated rings. The van der Waals surface area contributed by atoms with Crippen LogP contribution >= 0.6 is 11.6 Å². The molecule has 1 aromatic carbocycles. The summed E-state index contributed by atoms with van der Waals surface area (Å²) in [5, 5.41) is 6.69. The lowest BCUT2D eigenvalue weighted by Gasteiger charge is -2.02. The minimum atomic E-state index is -0.414. The monoisotopic (exact) mass is 252 g/mol. The molecule has 0 unspecified atom stereocenters. The van der Waals surface area contributed by atoms with E-state index < -0.39 is 5.91 Å². The number of anilines is 1. The Balaban J connectivity index is 2.11. The third-order valence-corrected chi connectivity index (χ3v) is 2.24. The third-order valence-electron chi connectivity index (χ3n) is 2.00. The van der Waals surface area contributed by atoms with Gasteiger partial charge in [0.1, 0.15) is 0 Å². The Hall–Kier alpha value is -2.01. The first kappa shape index (κ1) is 11.5. The molecule has 0 aliphatic heterocycles. The quantitative estimate of drug-likeness (QED) is 0.912.